The number of likely N-dealkylation sites (N-methyl/N-ethyl adjacent to an activating group) is 1. The van der Waals surface area contributed by atoms with Crippen molar-refractivity contribution in [1.82, 2.24) is 15.3 Å². The third-order valence-corrected chi connectivity index (χ3v) is 8.34. The molecule has 3 N–H and O–H groups in total. The highest BCUT2D eigenvalue weighted by atomic mass is 32.2. The molecule has 2 aromatic heterocycles. The highest BCUT2D eigenvalue weighted by Crippen LogP contribution is 2.42. The number of hydrogen-bond donors (Lipinski definition) is 3. The number of pyridine rings is 2. The molecule has 40 heavy (non-hydrogen) atoms. The van der Waals surface area contributed by atoms with Gasteiger partial charge in [-0.1, -0.05) is 7.43 Å². The summed E-state index contributed by atoms with van der Waals surface area (Å²) in [6.45, 7) is 6.48. The van der Waals surface area contributed by atoms with Crippen molar-refractivity contribution in [3.05, 3.63) is 36.2 Å². The van der Waals surface area contributed by atoms with E-state index in [0.717, 1.165) is 31.7 Å². The zero-order valence-corrected chi connectivity index (χ0v) is 23.3. The van der Waals surface area contributed by atoms with Crippen LogP contribution in [0.5, 0.6) is 5.75 Å². The molecule has 2 amide bonds. The minimum atomic E-state index is -1.09. The van der Waals surface area contributed by atoms with Crippen molar-refractivity contribution in [3.8, 4) is 5.75 Å². The Balaban J connectivity index is 0.000000180. The lowest BCUT2D eigenvalue weighted by molar-refractivity contribution is -0.174. The van der Waals surface area contributed by atoms with Crippen molar-refractivity contribution in [3.63, 3.8) is 0 Å². The lowest BCUT2D eigenvalue weighted by Gasteiger charge is -2.34. The van der Waals surface area contributed by atoms with Crippen molar-refractivity contribution in [2.24, 2.45) is 0 Å². The first kappa shape index (κ1) is 29.9. The largest absolute Gasteiger partial charge is 0.492 e. The number of thioether (sulfide) groups is 1. The van der Waals surface area contributed by atoms with Gasteiger partial charge in [0.25, 0.3) is 5.91 Å². The van der Waals surface area contributed by atoms with Gasteiger partial charge in [0.05, 0.1) is 17.5 Å². The van der Waals surface area contributed by atoms with E-state index in [0.29, 0.717) is 59.5 Å². The van der Waals surface area contributed by atoms with Gasteiger partial charge in [0.2, 0.25) is 6.41 Å². The number of carbonyl (C=O) groups is 2. The Kier molecular flexibility index (Phi) is 9.42. The van der Waals surface area contributed by atoms with Gasteiger partial charge in [-0.25, -0.2) is 9.97 Å². The second kappa shape index (κ2) is 12.6. The number of rotatable bonds is 10. The third kappa shape index (κ3) is 7.76. The molecule has 2 aromatic rings. The van der Waals surface area contributed by atoms with E-state index in [1.807, 2.05) is 12.1 Å². The fraction of sp³-hybridized carbons (Fsp3) is 0.571. The molecular weight excluding hydrogens is 532 g/mol. The number of carbonyl (C=O) groups excluding carboxylic acids is 2. The van der Waals surface area contributed by atoms with Gasteiger partial charge in [-0.05, 0) is 51.3 Å². The quantitative estimate of drug-likeness (QED) is 0.222. The van der Waals surface area contributed by atoms with Crippen molar-refractivity contribution >= 4 is 41.4 Å². The molecule has 6 rings (SSSR count). The lowest BCUT2D eigenvalue weighted by Crippen LogP contribution is -2.40. The van der Waals surface area contributed by atoms with Crippen molar-refractivity contribution in [2.75, 3.05) is 48.5 Å². The minimum Gasteiger partial charge on any atom is -0.492 e. The highest BCUT2D eigenvalue weighted by Gasteiger charge is 2.40. The van der Waals surface area contributed by atoms with Gasteiger partial charge in [0.15, 0.2) is 11.6 Å². The molecule has 3 unspecified atom stereocenters. The van der Waals surface area contributed by atoms with E-state index in [9.17, 15) is 14.7 Å². The van der Waals surface area contributed by atoms with Crippen LogP contribution in [0.2, 0.25) is 0 Å². The molecule has 3 fully saturated rings. The topological polar surface area (TPSA) is 129 Å². The van der Waals surface area contributed by atoms with Crippen molar-refractivity contribution < 1.29 is 24.2 Å². The molecule has 0 spiro atoms. The van der Waals surface area contributed by atoms with Crippen LogP contribution in [0.25, 0.3) is 0 Å². The predicted octanol–water partition coefficient (Wildman–Crippen LogP) is 2.90. The SMILES string of the molecule is C.CC(C)(O)OCC1SC1COc1ccnc(NC=O)c1.CN1c2nc(C(=O)NC3CC3)ccc2N2CCC1C2. The summed E-state index contributed by atoms with van der Waals surface area (Å²) >= 11 is 1.76. The van der Waals surface area contributed by atoms with Crippen LogP contribution < -0.4 is 25.2 Å². The molecule has 4 aliphatic rings. The van der Waals surface area contributed by atoms with E-state index in [2.05, 4.69) is 37.4 Å². The van der Waals surface area contributed by atoms with Crippen LogP contribution in [0.3, 0.4) is 0 Å². The summed E-state index contributed by atoms with van der Waals surface area (Å²) in [5.74, 6) is 0.959. The van der Waals surface area contributed by atoms with Crippen LogP contribution in [0.15, 0.2) is 30.5 Å². The Morgan fingerprint density at radius 3 is 2.73 bits per heavy atom. The number of anilines is 3. The van der Waals surface area contributed by atoms with Gasteiger partial charge in [-0.15, -0.1) is 11.8 Å². The second-order valence-corrected chi connectivity index (χ2v) is 12.2. The van der Waals surface area contributed by atoms with E-state index in [1.165, 1.54) is 12.1 Å². The molecule has 3 aliphatic heterocycles. The van der Waals surface area contributed by atoms with Gasteiger partial charge in [0, 0.05) is 49.7 Å². The van der Waals surface area contributed by atoms with Gasteiger partial charge in [-0.2, -0.15) is 0 Å². The Hall–Kier alpha value is -3.09. The summed E-state index contributed by atoms with van der Waals surface area (Å²) in [6, 6.07) is 8.23. The maximum atomic E-state index is 12.1. The number of fused-ring (bicyclic) bond motifs is 4. The fourth-order valence-electron chi connectivity index (χ4n) is 4.59. The lowest BCUT2D eigenvalue weighted by atomic mass is 10.2. The predicted molar refractivity (Wildman–Crippen MR) is 157 cm³/mol. The zero-order valence-electron chi connectivity index (χ0n) is 22.5. The van der Waals surface area contributed by atoms with Crippen molar-refractivity contribution in [2.45, 2.75) is 68.9 Å². The van der Waals surface area contributed by atoms with Crippen LogP contribution in [0.4, 0.5) is 17.3 Å². The monoisotopic (exact) mass is 572 g/mol. The zero-order chi connectivity index (χ0) is 27.6. The summed E-state index contributed by atoms with van der Waals surface area (Å²) in [7, 11) is 2.09. The van der Waals surface area contributed by atoms with Crippen LogP contribution in [-0.2, 0) is 9.53 Å². The number of aromatic nitrogens is 2. The fourth-order valence-corrected chi connectivity index (χ4v) is 5.40. The molecule has 11 nitrogen and oxygen atoms in total. The number of ether oxygens (including phenoxy) is 2. The summed E-state index contributed by atoms with van der Waals surface area (Å²) in [4.78, 5) is 35.5. The maximum Gasteiger partial charge on any atom is 0.270 e. The second-order valence-electron chi connectivity index (χ2n) is 10.7. The van der Waals surface area contributed by atoms with Gasteiger partial charge >= 0.3 is 0 Å². The molecule has 12 heteroatoms. The van der Waals surface area contributed by atoms with Crippen LogP contribution in [0, 0.1) is 0 Å². The van der Waals surface area contributed by atoms with E-state index in [-0.39, 0.29) is 13.3 Å². The van der Waals surface area contributed by atoms with Crippen LogP contribution in [0.1, 0.15) is 51.0 Å². The van der Waals surface area contributed by atoms with Crippen LogP contribution >= 0.6 is 11.8 Å². The number of aliphatic hydroxyl groups is 1. The number of hydrogen-bond acceptors (Lipinski definition) is 10. The normalized spacial score (nSPS) is 22.2. The van der Waals surface area contributed by atoms with Gasteiger partial charge in [-0.3, -0.25) is 9.59 Å². The molecule has 218 valence electrons. The third-order valence-electron chi connectivity index (χ3n) is 7.03. The number of nitrogens with zero attached hydrogens (tertiary/aromatic N) is 4. The van der Waals surface area contributed by atoms with Crippen molar-refractivity contribution in [1.29, 1.82) is 0 Å². The molecule has 0 radical (unpaired) electrons. The van der Waals surface area contributed by atoms with E-state index in [4.69, 9.17) is 9.47 Å². The molecule has 3 atom stereocenters. The Labute approximate surface area is 240 Å². The summed E-state index contributed by atoms with van der Waals surface area (Å²) in [6.07, 6.45) is 5.54. The first-order valence-corrected chi connectivity index (χ1v) is 14.2. The summed E-state index contributed by atoms with van der Waals surface area (Å²) in [5.41, 5.74) is 1.71. The molecular formula is C28H40N6O5S. The minimum absolute atomic E-state index is 0. The van der Waals surface area contributed by atoms with E-state index >= 15 is 0 Å². The Morgan fingerprint density at radius 2 is 2.00 bits per heavy atom. The standard InChI is InChI=1S/C14H18N4O.C13H18N2O4S.CH4/c1-17-10-6-7-18(8-10)12-5-4-11(16-13(12)17)14(19)15-9-2-3-9;1-13(2,17)19-7-11-10(20-11)6-18-9-3-4-14-12(5-9)15-8-16;/h4-5,9-10H,2-3,6-8H2,1H3,(H,15,19);3-5,8,10-11,17H,6-7H2,1-2H3,(H,14,15,16);1H4. The average Bonchev–Trinajstić information content (AvgIpc) is 3.83. The maximum absolute atomic E-state index is 12.1. The summed E-state index contributed by atoms with van der Waals surface area (Å²) in [5, 5.41) is 15.7. The molecule has 0 aromatic carbocycles. The van der Waals surface area contributed by atoms with E-state index in [1.54, 1.807) is 43.9 Å². The Bertz CT molecular complexity index is 1190. The first-order valence-electron chi connectivity index (χ1n) is 13.3. The molecule has 2 saturated heterocycles. The molecule has 1 saturated carbocycles. The molecule has 2 bridgehead atoms. The highest BCUT2D eigenvalue weighted by molar-refractivity contribution is 8.07. The van der Waals surface area contributed by atoms with E-state index < -0.39 is 5.79 Å². The first-order chi connectivity index (χ1) is 18.7. The van der Waals surface area contributed by atoms with Crippen LogP contribution in [-0.4, -0.2) is 89.1 Å². The molecule has 1 aliphatic carbocycles. The average molecular weight is 573 g/mol. The van der Waals surface area contributed by atoms with Gasteiger partial charge < -0.3 is 35.0 Å². The number of nitrogens with one attached hydrogen (secondary N) is 2. The Morgan fingerprint density at radius 1 is 1.23 bits per heavy atom. The summed E-state index contributed by atoms with van der Waals surface area (Å²) < 4.78 is 11.0. The number of amides is 2. The van der Waals surface area contributed by atoms with Gasteiger partial charge in [0.1, 0.15) is 23.9 Å². The smallest absolute Gasteiger partial charge is 0.270 e. The molecule has 5 heterocycles.